The summed E-state index contributed by atoms with van der Waals surface area (Å²) in [6.45, 7) is 1.16. The number of phenols is 2. The minimum atomic E-state index is 0.214. The normalized spacial score (nSPS) is 11.4. The molecule has 0 aliphatic carbocycles. The van der Waals surface area contributed by atoms with Gasteiger partial charge in [-0.05, 0) is 72.1 Å². The average molecular weight is 523 g/mol. The van der Waals surface area contributed by atoms with Gasteiger partial charge < -0.3 is 15.1 Å². The quantitative estimate of drug-likeness (QED) is 0.147. The molecule has 7 heteroatoms. The van der Waals surface area contributed by atoms with E-state index in [9.17, 15) is 10.2 Å². The van der Waals surface area contributed by atoms with Gasteiger partial charge in [0.1, 0.15) is 11.5 Å². The van der Waals surface area contributed by atoms with Crippen LogP contribution in [0, 0.1) is 0 Å². The summed E-state index contributed by atoms with van der Waals surface area (Å²) in [7, 11) is 0. The number of phenolic OH excluding ortho intramolecular Hbond substituents is 2. The van der Waals surface area contributed by atoms with Gasteiger partial charge in [-0.1, -0.05) is 77.4 Å². The Morgan fingerprint density at radius 1 is 0.743 bits per heavy atom. The Balaban J connectivity index is 1.72. The van der Waals surface area contributed by atoms with E-state index in [-0.39, 0.29) is 11.5 Å². The van der Waals surface area contributed by atoms with Gasteiger partial charge >= 0.3 is 0 Å². The summed E-state index contributed by atoms with van der Waals surface area (Å²) in [4.78, 5) is 8.15. The van der Waals surface area contributed by atoms with Gasteiger partial charge in [-0.3, -0.25) is 0 Å². The summed E-state index contributed by atoms with van der Waals surface area (Å²) in [5, 5.41) is 21.7. The minimum Gasteiger partial charge on any atom is -0.508 e. The van der Waals surface area contributed by atoms with E-state index in [1.807, 2.05) is 54.6 Å². The molecular formula is C28H24Cl2N2O2S. The van der Waals surface area contributed by atoms with Crippen LogP contribution in [-0.4, -0.2) is 26.8 Å². The van der Waals surface area contributed by atoms with Gasteiger partial charge in [0.25, 0.3) is 0 Å². The Morgan fingerprint density at radius 3 is 2.03 bits per heavy atom. The molecule has 0 saturated heterocycles. The first-order valence-electron chi connectivity index (χ1n) is 11.0. The van der Waals surface area contributed by atoms with Gasteiger partial charge in [-0.15, -0.1) is 0 Å². The smallest absolute Gasteiger partial charge is 0.169 e. The lowest BCUT2D eigenvalue weighted by molar-refractivity contribution is 0.421. The molecule has 0 bridgehead atoms. The molecule has 4 aromatic carbocycles. The highest BCUT2D eigenvalue weighted by molar-refractivity contribution is 8.13. The van der Waals surface area contributed by atoms with Crippen LogP contribution < -0.4 is 0 Å². The first kappa shape index (κ1) is 25.0. The number of thioether (sulfide) groups is 1. The fourth-order valence-electron chi connectivity index (χ4n) is 3.56. The molecular weight excluding hydrogens is 499 g/mol. The number of aliphatic imine (C=N–C) groups is 1. The lowest BCUT2D eigenvalue weighted by Crippen LogP contribution is -2.30. The average Bonchev–Trinajstić information content (AvgIpc) is 2.81. The molecule has 0 spiro atoms. The zero-order chi connectivity index (χ0) is 24.6. The molecule has 4 nitrogen and oxygen atoms in total. The highest BCUT2D eigenvalue weighted by Crippen LogP contribution is 2.30. The van der Waals surface area contributed by atoms with Gasteiger partial charge in [0.15, 0.2) is 5.17 Å². The van der Waals surface area contributed by atoms with Gasteiger partial charge in [0.2, 0.25) is 0 Å². The van der Waals surface area contributed by atoms with Crippen molar-refractivity contribution in [3.63, 3.8) is 0 Å². The molecule has 0 amide bonds. The first-order chi connectivity index (χ1) is 16.9. The second-order valence-corrected chi connectivity index (χ2v) is 9.86. The van der Waals surface area contributed by atoms with Gasteiger partial charge in [-0.2, -0.15) is 0 Å². The van der Waals surface area contributed by atoms with Crippen LogP contribution >= 0.6 is 35.0 Å². The van der Waals surface area contributed by atoms with Crippen LogP contribution in [0.3, 0.4) is 0 Å². The molecule has 35 heavy (non-hydrogen) atoms. The zero-order valence-electron chi connectivity index (χ0n) is 18.8. The topological polar surface area (TPSA) is 56.1 Å². The zero-order valence-corrected chi connectivity index (χ0v) is 21.1. The molecule has 4 rings (SSSR count). The molecule has 0 unspecified atom stereocenters. The third-order valence-electron chi connectivity index (χ3n) is 5.16. The largest absolute Gasteiger partial charge is 0.508 e. The fourth-order valence-corrected chi connectivity index (χ4v) is 5.01. The predicted octanol–water partition coefficient (Wildman–Crippen LogP) is 7.93. The molecule has 2 N–H and O–H groups in total. The van der Waals surface area contributed by atoms with Crippen molar-refractivity contribution in [1.29, 1.82) is 0 Å². The monoisotopic (exact) mass is 522 g/mol. The second-order valence-electron chi connectivity index (χ2n) is 7.95. The van der Waals surface area contributed by atoms with E-state index in [4.69, 9.17) is 28.2 Å². The van der Waals surface area contributed by atoms with Crippen molar-refractivity contribution < 1.29 is 10.2 Å². The van der Waals surface area contributed by atoms with E-state index in [1.54, 1.807) is 54.2 Å². The fraction of sp³-hybridized carbons (Fsp3) is 0.107. The maximum atomic E-state index is 10.0. The number of halogens is 2. The van der Waals surface area contributed by atoms with Crippen molar-refractivity contribution in [2.45, 2.75) is 17.9 Å². The van der Waals surface area contributed by atoms with E-state index >= 15 is 0 Å². The van der Waals surface area contributed by atoms with Crippen LogP contribution in [0.15, 0.2) is 107 Å². The summed E-state index contributed by atoms with van der Waals surface area (Å²) in [5.74, 6) is 0.453. The maximum Gasteiger partial charge on any atom is 0.169 e. The number of benzene rings is 4. The summed E-state index contributed by atoms with van der Waals surface area (Å²) in [6.07, 6.45) is 0.692. The summed E-state index contributed by atoms with van der Waals surface area (Å²) in [5.41, 5.74) is 2.62. The molecule has 0 heterocycles. The van der Waals surface area contributed by atoms with Gasteiger partial charge in [-0.25, -0.2) is 4.99 Å². The lowest BCUT2D eigenvalue weighted by Gasteiger charge is -2.26. The first-order valence-corrected chi connectivity index (χ1v) is 12.6. The number of rotatable bonds is 7. The molecule has 0 atom stereocenters. The molecule has 178 valence electrons. The maximum absolute atomic E-state index is 10.0. The Kier molecular flexibility index (Phi) is 8.59. The SMILES string of the molecule is Oc1cccc(CCN(Cc2cccc(O)c2)C(=Nc2cc(Cl)cc(Cl)c2)Sc2ccccc2)c1. The molecule has 0 aliphatic heterocycles. The molecule has 4 aromatic rings. The lowest BCUT2D eigenvalue weighted by atomic mass is 10.1. The van der Waals surface area contributed by atoms with Crippen LogP contribution in [0.1, 0.15) is 11.1 Å². The van der Waals surface area contributed by atoms with E-state index in [2.05, 4.69) is 4.90 Å². The Morgan fingerprint density at radius 2 is 1.37 bits per heavy atom. The summed E-state index contributed by atoms with van der Waals surface area (Å²) in [6, 6.07) is 29.7. The van der Waals surface area contributed by atoms with Crippen molar-refractivity contribution in [2.24, 2.45) is 4.99 Å². The Hall–Kier alpha value is -3.12. The van der Waals surface area contributed by atoms with E-state index in [1.165, 1.54) is 0 Å². The van der Waals surface area contributed by atoms with Crippen LogP contribution in [-0.2, 0) is 13.0 Å². The van der Waals surface area contributed by atoms with Crippen molar-refractivity contribution in [3.05, 3.63) is 118 Å². The van der Waals surface area contributed by atoms with E-state index in [0.29, 0.717) is 35.2 Å². The summed E-state index contributed by atoms with van der Waals surface area (Å²) >= 11 is 14.0. The molecule has 0 saturated carbocycles. The number of aromatic hydroxyl groups is 2. The third-order valence-corrected chi connectivity index (χ3v) is 6.64. The summed E-state index contributed by atoms with van der Waals surface area (Å²) < 4.78 is 0. The van der Waals surface area contributed by atoms with Crippen molar-refractivity contribution in [1.82, 2.24) is 4.90 Å². The molecule has 0 radical (unpaired) electrons. The van der Waals surface area contributed by atoms with Crippen LogP contribution in [0.4, 0.5) is 5.69 Å². The number of amidine groups is 1. The molecule has 0 aromatic heterocycles. The standard InChI is InChI=1S/C28H24Cl2N2O2S/c29-22-16-23(30)18-24(17-22)31-28(35-27-10-2-1-3-11-27)32(19-21-7-5-9-26(34)15-21)13-12-20-6-4-8-25(33)14-20/h1-11,14-18,33-34H,12-13,19H2. The number of hydrogen-bond donors (Lipinski definition) is 2. The second kappa shape index (κ2) is 12.0. The third kappa shape index (κ3) is 7.69. The Labute approximate surface area is 219 Å². The van der Waals surface area contributed by atoms with Gasteiger partial charge in [0.05, 0.1) is 5.69 Å². The molecule has 0 fully saturated rings. The van der Waals surface area contributed by atoms with Crippen molar-refractivity contribution in [2.75, 3.05) is 6.54 Å². The van der Waals surface area contributed by atoms with Crippen LogP contribution in [0.5, 0.6) is 11.5 Å². The van der Waals surface area contributed by atoms with Crippen LogP contribution in [0.2, 0.25) is 10.0 Å². The number of hydrogen-bond acceptors (Lipinski definition) is 4. The van der Waals surface area contributed by atoms with Crippen molar-refractivity contribution >= 4 is 45.8 Å². The molecule has 0 aliphatic rings. The highest BCUT2D eigenvalue weighted by atomic mass is 35.5. The highest BCUT2D eigenvalue weighted by Gasteiger charge is 2.16. The predicted molar refractivity (Wildman–Crippen MR) is 146 cm³/mol. The number of nitrogens with zero attached hydrogens (tertiary/aromatic N) is 2. The van der Waals surface area contributed by atoms with Crippen LogP contribution in [0.25, 0.3) is 0 Å². The van der Waals surface area contributed by atoms with Gasteiger partial charge in [0, 0.05) is 28.0 Å². The Bertz CT molecular complexity index is 1300. The van der Waals surface area contributed by atoms with E-state index in [0.717, 1.165) is 21.2 Å². The van der Waals surface area contributed by atoms with Crippen molar-refractivity contribution in [3.8, 4) is 11.5 Å². The minimum absolute atomic E-state index is 0.214. The van der Waals surface area contributed by atoms with E-state index < -0.39 is 0 Å².